The number of nitrogens with one attached hydrogen (secondary N) is 1. The molecule has 106 valence electrons. The first-order valence-corrected chi connectivity index (χ1v) is 6.41. The molecular weight excluding hydrogens is 258 g/mol. The molecule has 7 heteroatoms. The Morgan fingerprint density at radius 2 is 2.05 bits per heavy atom. The molecule has 0 saturated carbocycles. The second-order valence-corrected chi connectivity index (χ2v) is 4.41. The van der Waals surface area contributed by atoms with Crippen LogP contribution in [0.15, 0.2) is 24.8 Å². The number of carbonyl (C=O) groups is 2. The maximum Gasteiger partial charge on any atom is 0.274 e. The van der Waals surface area contributed by atoms with Crippen molar-refractivity contribution in [1.29, 1.82) is 0 Å². The number of hydrogen-bond acceptors (Lipinski definition) is 5. The normalized spacial score (nSPS) is 14.8. The van der Waals surface area contributed by atoms with Crippen LogP contribution in [0.3, 0.4) is 0 Å². The van der Waals surface area contributed by atoms with Gasteiger partial charge in [0.25, 0.3) is 5.91 Å². The lowest BCUT2D eigenvalue weighted by Gasteiger charge is -2.32. The second kappa shape index (κ2) is 6.65. The Bertz CT molecular complexity index is 480. The van der Waals surface area contributed by atoms with Crippen LogP contribution in [-0.4, -0.2) is 65.0 Å². The second-order valence-electron chi connectivity index (χ2n) is 4.41. The van der Waals surface area contributed by atoms with Gasteiger partial charge in [-0.05, 0) is 12.1 Å². The fourth-order valence-corrected chi connectivity index (χ4v) is 1.91. The number of hydrogen-bond donors (Lipinski definition) is 1. The Morgan fingerprint density at radius 1 is 1.30 bits per heavy atom. The Balaban J connectivity index is 1.95. The molecule has 2 rings (SSSR count). The van der Waals surface area contributed by atoms with Crippen molar-refractivity contribution in [3.05, 3.63) is 30.5 Å². The Labute approximate surface area is 117 Å². The number of piperazine rings is 1. The van der Waals surface area contributed by atoms with E-state index in [4.69, 9.17) is 0 Å². The standard InChI is InChI=1S/C13H17N5O2/c1-2-5-14-12-4-3-11(15-16-12)13(20)18-8-6-17(10-19)7-9-18/h2-4,10H,1,5-9H2,(H,14,16). The molecule has 1 aromatic heterocycles. The largest absolute Gasteiger partial charge is 0.365 e. The highest BCUT2D eigenvalue weighted by atomic mass is 16.2. The van der Waals surface area contributed by atoms with Gasteiger partial charge in [-0.1, -0.05) is 6.08 Å². The summed E-state index contributed by atoms with van der Waals surface area (Å²) in [6.45, 7) is 6.35. The topological polar surface area (TPSA) is 78.4 Å². The molecule has 1 aliphatic heterocycles. The molecule has 0 aromatic carbocycles. The molecule has 0 bridgehead atoms. The third-order valence-electron chi connectivity index (χ3n) is 3.06. The maximum absolute atomic E-state index is 12.2. The van der Waals surface area contributed by atoms with Crippen LogP contribution in [0.2, 0.25) is 0 Å². The molecule has 1 fully saturated rings. The summed E-state index contributed by atoms with van der Waals surface area (Å²) in [5, 5.41) is 10.9. The monoisotopic (exact) mass is 275 g/mol. The molecule has 1 N–H and O–H groups in total. The average Bonchev–Trinajstić information content (AvgIpc) is 2.53. The summed E-state index contributed by atoms with van der Waals surface area (Å²) < 4.78 is 0. The lowest BCUT2D eigenvalue weighted by atomic mass is 10.2. The van der Waals surface area contributed by atoms with Gasteiger partial charge in [0.1, 0.15) is 5.82 Å². The minimum atomic E-state index is -0.154. The van der Waals surface area contributed by atoms with E-state index in [-0.39, 0.29) is 5.91 Å². The van der Waals surface area contributed by atoms with Crippen molar-refractivity contribution in [1.82, 2.24) is 20.0 Å². The molecule has 1 aliphatic rings. The summed E-state index contributed by atoms with van der Waals surface area (Å²) in [5.74, 6) is 0.450. The minimum absolute atomic E-state index is 0.154. The highest BCUT2D eigenvalue weighted by molar-refractivity contribution is 5.92. The van der Waals surface area contributed by atoms with Crippen molar-refractivity contribution in [2.45, 2.75) is 0 Å². The van der Waals surface area contributed by atoms with Gasteiger partial charge in [-0.3, -0.25) is 9.59 Å². The molecule has 1 aromatic rings. The van der Waals surface area contributed by atoms with Crippen LogP contribution in [0.1, 0.15) is 10.5 Å². The number of amides is 2. The summed E-state index contributed by atoms with van der Waals surface area (Å²) in [6, 6.07) is 3.36. The quantitative estimate of drug-likeness (QED) is 0.604. The van der Waals surface area contributed by atoms with E-state index in [0.717, 1.165) is 6.41 Å². The van der Waals surface area contributed by atoms with E-state index in [1.165, 1.54) is 0 Å². The Kier molecular flexibility index (Phi) is 4.65. The first-order chi connectivity index (χ1) is 9.74. The maximum atomic E-state index is 12.2. The van der Waals surface area contributed by atoms with Crippen LogP contribution >= 0.6 is 0 Å². The highest BCUT2D eigenvalue weighted by Crippen LogP contribution is 2.07. The third-order valence-corrected chi connectivity index (χ3v) is 3.06. The van der Waals surface area contributed by atoms with E-state index in [2.05, 4.69) is 22.1 Å². The van der Waals surface area contributed by atoms with Crippen LogP contribution in [0.5, 0.6) is 0 Å². The van der Waals surface area contributed by atoms with Crippen molar-refractivity contribution < 1.29 is 9.59 Å². The van der Waals surface area contributed by atoms with E-state index in [1.807, 2.05) is 0 Å². The molecular formula is C13H17N5O2. The van der Waals surface area contributed by atoms with E-state index in [9.17, 15) is 9.59 Å². The van der Waals surface area contributed by atoms with Crippen LogP contribution in [0, 0.1) is 0 Å². The summed E-state index contributed by atoms with van der Waals surface area (Å²) >= 11 is 0. The van der Waals surface area contributed by atoms with Crippen molar-refractivity contribution >= 4 is 18.1 Å². The van der Waals surface area contributed by atoms with E-state index >= 15 is 0 Å². The predicted molar refractivity (Wildman–Crippen MR) is 74.3 cm³/mol. The lowest BCUT2D eigenvalue weighted by Crippen LogP contribution is -2.48. The van der Waals surface area contributed by atoms with Crippen LogP contribution < -0.4 is 5.32 Å². The number of rotatable bonds is 5. The van der Waals surface area contributed by atoms with Crippen molar-refractivity contribution in [2.24, 2.45) is 0 Å². The average molecular weight is 275 g/mol. The van der Waals surface area contributed by atoms with Gasteiger partial charge in [-0.2, -0.15) is 0 Å². The summed E-state index contributed by atoms with van der Waals surface area (Å²) in [7, 11) is 0. The van der Waals surface area contributed by atoms with Crippen LogP contribution in [-0.2, 0) is 4.79 Å². The van der Waals surface area contributed by atoms with Gasteiger partial charge in [0.05, 0.1) is 0 Å². The molecule has 2 amide bonds. The van der Waals surface area contributed by atoms with E-state index in [1.54, 1.807) is 28.0 Å². The third kappa shape index (κ3) is 3.31. The predicted octanol–water partition coefficient (Wildman–Crippen LogP) is -0.0113. The molecule has 1 saturated heterocycles. The first kappa shape index (κ1) is 14.0. The van der Waals surface area contributed by atoms with Gasteiger partial charge in [-0.25, -0.2) is 0 Å². The van der Waals surface area contributed by atoms with E-state index in [0.29, 0.717) is 44.2 Å². The van der Waals surface area contributed by atoms with Gasteiger partial charge in [-0.15, -0.1) is 16.8 Å². The van der Waals surface area contributed by atoms with Gasteiger partial charge < -0.3 is 15.1 Å². The molecule has 7 nitrogen and oxygen atoms in total. The zero-order valence-corrected chi connectivity index (χ0v) is 11.2. The molecule has 2 heterocycles. The van der Waals surface area contributed by atoms with Crippen LogP contribution in [0.4, 0.5) is 5.82 Å². The van der Waals surface area contributed by atoms with Gasteiger partial charge in [0, 0.05) is 32.7 Å². The number of carbonyl (C=O) groups excluding carboxylic acids is 2. The smallest absolute Gasteiger partial charge is 0.274 e. The summed E-state index contributed by atoms with van der Waals surface area (Å²) in [6.07, 6.45) is 2.52. The molecule has 0 spiro atoms. The van der Waals surface area contributed by atoms with Gasteiger partial charge in [0.2, 0.25) is 6.41 Å². The fourth-order valence-electron chi connectivity index (χ4n) is 1.91. The molecule has 0 unspecified atom stereocenters. The molecule has 20 heavy (non-hydrogen) atoms. The number of aromatic nitrogens is 2. The Morgan fingerprint density at radius 3 is 2.60 bits per heavy atom. The van der Waals surface area contributed by atoms with Crippen LogP contribution in [0.25, 0.3) is 0 Å². The molecule has 0 radical (unpaired) electrons. The van der Waals surface area contributed by atoms with Crippen molar-refractivity contribution in [3.8, 4) is 0 Å². The lowest BCUT2D eigenvalue weighted by molar-refractivity contribution is -0.119. The minimum Gasteiger partial charge on any atom is -0.365 e. The van der Waals surface area contributed by atoms with Crippen molar-refractivity contribution in [2.75, 3.05) is 38.0 Å². The summed E-state index contributed by atoms with van der Waals surface area (Å²) in [5.41, 5.74) is 0.314. The van der Waals surface area contributed by atoms with Gasteiger partial charge >= 0.3 is 0 Å². The van der Waals surface area contributed by atoms with Gasteiger partial charge in [0.15, 0.2) is 5.69 Å². The van der Waals surface area contributed by atoms with E-state index < -0.39 is 0 Å². The Hall–Kier alpha value is -2.44. The fraction of sp³-hybridized carbons (Fsp3) is 0.385. The highest BCUT2D eigenvalue weighted by Gasteiger charge is 2.22. The zero-order valence-electron chi connectivity index (χ0n) is 11.2. The number of anilines is 1. The van der Waals surface area contributed by atoms with Crippen molar-refractivity contribution in [3.63, 3.8) is 0 Å². The summed E-state index contributed by atoms with van der Waals surface area (Å²) in [4.78, 5) is 26.1. The number of nitrogens with zero attached hydrogens (tertiary/aromatic N) is 4. The SMILES string of the molecule is C=CCNc1ccc(C(=O)N2CCN(C=O)CC2)nn1. The first-order valence-electron chi connectivity index (χ1n) is 6.41. The zero-order chi connectivity index (χ0) is 14.4. The molecule has 0 aliphatic carbocycles. The molecule has 0 atom stereocenters.